The molecule has 0 aliphatic heterocycles. The van der Waals surface area contributed by atoms with Crippen molar-refractivity contribution in [3.63, 3.8) is 0 Å². The average molecular weight is 468 g/mol. The zero-order valence-electron chi connectivity index (χ0n) is 19.1. The van der Waals surface area contributed by atoms with Crippen molar-refractivity contribution in [2.75, 3.05) is 27.4 Å². The highest BCUT2D eigenvalue weighted by atomic mass is 16.5. The fourth-order valence-corrected chi connectivity index (χ4v) is 2.59. The van der Waals surface area contributed by atoms with Gasteiger partial charge in [-0.25, -0.2) is 14.6 Å². The summed E-state index contributed by atoms with van der Waals surface area (Å²) in [6.07, 6.45) is 6.00. The van der Waals surface area contributed by atoms with Crippen LogP contribution < -0.4 is 9.47 Å². The van der Waals surface area contributed by atoms with Crippen molar-refractivity contribution in [1.82, 2.24) is 15.0 Å². The lowest BCUT2D eigenvalue weighted by atomic mass is 10.2. The van der Waals surface area contributed by atoms with Crippen LogP contribution in [-0.2, 0) is 14.3 Å². The summed E-state index contributed by atoms with van der Waals surface area (Å²) in [5.74, 6) is 0.132. The molecule has 3 aromatic heterocycles. The summed E-state index contributed by atoms with van der Waals surface area (Å²) in [5.41, 5.74) is 9.89. The molecule has 0 bridgehead atoms. The number of esters is 2. The van der Waals surface area contributed by atoms with Gasteiger partial charge in [0.1, 0.15) is 28.5 Å². The Kier molecular flexibility index (Phi) is 9.89. The summed E-state index contributed by atoms with van der Waals surface area (Å²) in [5, 5.41) is 4.11. The molecule has 0 fully saturated rings. The van der Waals surface area contributed by atoms with E-state index in [1.807, 2.05) is 6.07 Å². The van der Waals surface area contributed by atoms with Crippen LogP contribution in [0.5, 0.6) is 11.5 Å². The van der Waals surface area contributed by atoms with Gasteiger partial charge in [0.15, 0.2) is 0 Å². The van der Waals surface area contributed by atoms with Gasteiger partial charge in [-0.3, -0.25) is 4.98 Å². The summed E-state index contributed by atoms with van der Waals surface area (Å²) in [6, 6.07) is 5.16. The first-order valence-corrected chi connectivity index (χ1v) is 10.1. The zero-order valence-corrected chi connectivity index (χ0v) is 19.1. The van der Waals surface area contributed by atoms with Crippen LogP contribution in [0, 0.1) is 0 Å². The predicted molar refractivity (Wildman–Crippen MR) is 123 cm³/mol. The molecule has 12 heteroatoms. The second kappa shape index (κ2) is 13.1. The van der Waals surface area contributed by atoms with Crippen LogP contribution in [0.1, 0.15) is 29.9 Å². The van der Waals surface area contributed by atoms with Gasteiger partial charge in [-0.05, 0) is 49.2 Å². The first-order chi connectivity index (χ1) is 16.4. The topological polar surface area (TPSA) is 161 Å². The molecular formula is C22H24N6O6. The third-order valence-corrected chi connectivity index (χ3v) is 4.09. The van der Waals surface area contributed by atoms with Gasteiger partial charge in [0, 0.05) is 16.5 Å². The van der Waals surface area contributed by atoms with Crippen LogP contribution in [0.2, 0.25) is 0 Å². The highest BCUT2D eigenvalue weighted by Gasteiger charge is 2.11. The van der Waals surface area contributed by atoms with E-state index in [1.165, 1.54) is 25.6 Å². The number of nitrogens with one attached hydrogen (secondary N) is 1. The fraction of sp³-hybridized carbons (Fsp3) is 0.273. The fourth-order valence-electron chi connectivity index (χ4n) is 2.59. The lowest BCUT2D eigenvalue weighted by Crippen LogP contribution is -2.05. The highest BCUT2D eigenvalue weighted by molar-refractivity contribution is 5.94. The molecule has 34 heavy (non-hydrogen) atoms. The van der Waals surface area contributed by atoms with Crippen molar-refractivity contribution in [2.24, 2.45) is 5.11 Å². The van der Waals surface area contributed by atoms with Gasteiger partial charge < -0.3 is 23.9 Å². The van der Waals surface area contributed by atoms with Gasteiger partial charge in [0.05, 0.1) is 39.8 Å². The molecule has 0 amide bonds. The quantitative estimate of drug-likeness (QED) is 0.170. The smallest absolute Gasteiger partial charge is 0.354 e. The molecule has 12 nitrogen and oxygen atoms in total. The molecule has 0 aliphatic rings. The molecule has 0 unspecified atom stereocenters. The number of carbonyl (C=O) groups is 2. The van der Waals surface area contributed by atoms with Crippen molar-refractivity contribution in [3.8, 4) is 11.5 Å². The van der Waals surface area contributed by atoms with E-state index in [9.17, 15) is 9.59 Å². The Morgan fingerprint density at radius 2 is 1.76 bits per heavy atom. The second-order valence-corrected chi connectivity index (χ2v) is 6.31. The minimum absolute atomic E-state index is 0.130. The molecule has 3 heterocycles. The van der Waals surface area contributed by atoms with Gasteiger partial charge in [-0.15, -0.1) is 0 Å². The van der Waals surface area contributed by atoms with Crippen molar-refractivity contribution < 1.29 is 28.5 Å². The molecule has 178 valence electrons. The minimum atomic E-state index is -0.682. The zero-order chi connectivity index (χ0) is 24.9. The molecule has 1 N–H and O–H groups in total. The lowest BCUT2D eigenvalue weighted by molar-refractivity contribution is -0.138. The molecule has 3 rings (SSSR count). The van der Waals surface area contributed by atoms with E-state index in [-0.39, 0.29) is 18.3 Å². The number of aromatic nitrogens is 3. The van der Waals surface area contributed by atoms with Crippen molar-refractivity contribution >= 4 is 29.0 Å². The van der Waals surface area contributed by atoms with E-state index in [1.54, 1.807) is 39.3 Å². The maximum absolute atomic E-state index is 11.5. The Hall–Kier alpha value is -4.57. The maximum Gasteiger partial charge on any atom is 0.354 e. The number of pyridine rings is 2. The summed E-state index contributed by atoms with van der Waals surface area (Å²) >= 11 is 0. The SMILES string of the molecule is CCOC(=O)/C(=C/c1cncc(OC)c1)N=[N+]=[N-].CCOC(=O)c1cc2cc(OC)cnc2[nH]1. The Bertz CT molecular complexity index is 1220. The summed E-state index contributed by atoms with van der Waals surface area (Å²) in [4.78, 5) is 36.5. The molecule has 0 saturated carbocycles. The second-order valence-electron chi connectivity index (χ2n) is 6.31. The number of methoxy groups -OCH3 is 2. The standard InChI is InChI=1S/C11H12N4O3.C11H12N2O3/c1-3-18-11(16)10(14-15-12)5-8-4-9(17-2)7-13-6-8;1-3-16-11(14)9-5-7-4-8(15-2)6-12-10(7)13-9/h4-7H,3H2,1-2H3;4-6H,3H2,1-2H3,(H,12,13)/b10-5-;. The average Bonchev–Trinajstić information content (AvgIpc) is 3.28. The van der Waals surface area contributed by atoms with Crippen LogP contribution >= 0.6 is 0 Å². The van der Waals surface area contributed by atoms with E-state index in [2.05, 4.69) is 25.0 Å². The number of ether oxygens (including phenoxy) is 4. The van der Waals surface area contributed by atoms with Gasteiger partial charge in [0.25, 0.3) is 0 Å². The van der Waals surface area contributed by atoms with Gasteiger partial charge in [0.2, 0.25) is 0 Å². The van der Waals surface area contributed by atoms with E-state index < -0.39 is 5.97 Å². The highest BCUT2D eigenvalue weighted by Crippen LogP contribution is 2.19. The minimum Gasteiger partial charge on any atom is -0.495 e. The van der Waals surface area contributed by atoms with Crippen LogP contribution in [0.4, 0.5) is 0 Å². The van der Waals surface area contributed by atoms with Crippen LogP contribution in [0.15, 0.2) is 47.6 Å². The number of rotatable bonds is 8. The maximum atomic E-state index is 11.5. The van der Waals surface area contributed by atoms with E-state index in [0.717, 1.165) is 5.39 Å². The van der Waals surface area contributed by atoms with Crippen LogP contribution in [-0.4, -0.2) is 54.3 Å². The Morgan fingerprint density at radius 3 is 2.41 bits per heavy atom. The largest absolute Gasteiger partial charge is 0.495 e. The third-order valence-electron chi connectivity index (χ3n) is 4.09. The van der Waals surface area contributed by atoms with Gasteiger partial charge >= 0.3 is 11.9 Å². The van der Waals surface area contributed by atoms with E-state index in [4.69, 9.17) is 24.5 Å². The number of nitrogens with zero attached hydrogens (tertiary/aromatic N) is 5. The molecular weight excluding hydrogens is 444 g/mol. The molecule has 0 saturated heterocycles. The van der Waals surface area contributed by atoms with E-state index >= 15 is 0 Å². The number of H-pyrrole nitrogens is 1. The van der Waals surface area contributed by atoms with E-state index in [0.29, 0.717) is 35.0 Å². The Labute approximate surface area is 195 Å². The molecule has 3 aromatic rings. The first kappa shape index (κ1) is 25.7. The molecule has 0 spiro atoms. The van der Waals surface area contributed by atoms with Gasteiger partial charge in [-0.1, -0.05) is 5.11 Å². The van der Waals surface area contributed by atoms with Crippen molar-refractivity contribution in [3.05, 3.63) is 64.2 Å². The number of hydrogen-bond acceptors (Lipinski definition) is 9. The third kappa shape index (κ3) is 7.24. The predicted octanol–water partition coefficient (Wildman–Crippen LogP) is 4.05. The van der Waals surface area contributed by atoms with Crippen molar-refractivity contribution in [2.45, 2.75) is 13.8 Å². The molecule has 0 radical (unpaired) electrons. The monoisotopic (exact) mass is 468 g/mol. The number of fused-ring (bicyclic) bond motifs is 1. The lowest BCUT2D eigenvalue weighted by Gasteiger charge is -2.02. The summed E-state index contributed by atoms with van der Waals surface area (Å²) in [7, 11) is 3.08. The Morgan fingerprint density at radius 1 is 1.06 bits per heavy atom. The molecule has 0 aromatic carbocycles. The Balaban J connectivity index is 0.000000241. The number of aromatic amines is 1. The first-order valence-electron chi connectivity index (χ1n) is 10.1. The van der Waals surface area contributed by atoms with Gasteiger partial charge in [-0.2, -0.15) is 0 Å². The number of azide groups is 1. The summed E-state index contributed by atoms with van der Waals surface area (Å²) < 4.78 is 19.7. The van der Waals surface area contributed by atoms with Crippen LogP contribution in [0.25, 0.3) is 27.6 Å². The summed E-state index contributed by atoms with van der Waals surface area (Å²) in [6.45, 7) is 3.99. The molecule has 0 aliphatic carbocycles. The molecule has 0 atom stereocenters. The number of hydrogen-bond donors (Lipinski definition) is 1. The normalized spacial score (nSPS) is 10.4. The van der Waals surface area contributed by atoms with Crippen molar-refractivity contribution in [1.29, 1.82) is 0 Å². The number of carbonyl (C=O) groups excluding carboxylic acids is 2. The van der Waals surface area contributed by atoms with Crippen LogP contribution in [0.3, 0.4) is 0 Å².